The molecule has 2 N–H and O–H groups in total. The highest BCUT2D eigenvalue weighted by molar-refractivity contribution is 8.00. The molecular weight excluding hydrogens is 220 g/mol. The van der Waals surface area contributed by atoms with Gasteiger partial charge in [0, 0.05) is 18.3 Å². The molecule has 0 aromatic rings. The Kier molecular flexibility index (Phi) is 6.21. The number of nitrogens with two attached hydrogens (primary N) is 1. The van der Waals surface area contributed by atoms with Gasteiger partial charge in [-0.25, -0.2) is 0 Å². The number of hydrogen-bond acceptors (Lipinski definition) is 3. The van der Waals surface area contributed by atoms with Crippen molar-refractivity contribution in [1.29, 1.82) is 0 Å². The van der Waals surface area contributed by atoms with E-state index in [2.05, 4.69) is 13.8 Å². The van der Waals surface area contributed by atoms with E-state index < -0.39 is 0 Å². The molecule has 1 aliphatic rings. The second-order valence-electron chi connectivity index (χ2n) is 4.79. The molecule has 1 amide bonds. The topological polar surface area (TPSA) is 46.3 Å². The minimum absolute atomic E-state index is 0.306. The zero-order valence-electron chi connectivity index (χ0n) is 10.4. The van der Waals surface area contributed by atoms with E-state index in [0.29, 0.717) is 29.4 Å². The molecule has 1 saturated heterocycles. The van der Waals surface area contributed by atoms with Crippen molar-refractivity contribution in [3.63, 3.8) is 0 Å². The maximum atomic E-state index is 11.9. The van der Waals surface area contributed by atoms with Gasteiger partial charge in [0.1, 0.15) is 0 Å². The first kappa shape index (κ1) is 13.8. The number of amides is 1. The van der Waals surface area contributed by atoms with Crippen molar-refractivity contribution in [2.24, 2.45) is 11.7 Å². The molecule has 1 aliphatic heterocycles. The summed E-state index contributed by atoms with van der Waals surface area (Å²) in [6.07, 6.45) is 3.42. The smallest absolute Gasteiger partial charge is 0.232 e. The molecule has 0 aliphatic carbocycles. The molecule has 0 bridgehead atoms. The Balaban J connectivity index is 2.23. The summed E-state index contributed by atoms with van der Waals surface area (Å²) in [5.74, 6) is 1.60. The zero-order valence-corrected chi connectivity index (χ0v) is 11.3. The van der Waals surface area contributed by atoms with Crippen LogP contribution in [0.1, 0.15) is 33.1 Å². The average molecular weight is 244 g/mol. The lowest BCUT2D eigenvalue weighted by atomic mass is 10.0. The quantitative estimate of drug-likeness (QED) is 0.801. The lowest BCUT2D eigenvalue weighted by Gasteiger charge is -2.31. The molecule has 1 fully saturated rings. The minimum atomic E-state index is 0.306. The summed E-state index contributed by atoms with van der Waals surface area (Å²) in [6.45, 7) is 6.98. The average Bonchev–Trinajstić information content (AvgIpc) is 2.26. The number of carbonyl (C=O) groups excluding carboxylic acids is 1. The third kappa shape index (κ3) is 4.74. The first-order valence-corrected chi connectivity index (χ1v) is 7.27. The van der Waals surface area contributed by atoms with Gasteiger partial charge in [0.15, 0.2) is 0 Å². The first-order chi connectivity index (χ1) is 7.63. The van der Waals surface area contributed by atoms with Gasteiger partial charge in [-0.1, -0.05) is 13.8 Å². The largest absolute Gasteiger partial charge is 0.342 e. The Bertz CT molecular complexity index is 223. The third-order valence-electron chi connectivity index (χ3n) is 3.07. The molecule has 2 atom stereocenters. The van der Waals surface area contributed by atoms with Crippen LogP contribution in [0.5, 0.6) is 0 Å². The Morgan fingerprint density at radius 1 is 1.62 bits per heavy atom. The third-order valence-corrected chi connectivity index (χ3v) is 4.29. The van der Waals surface area contributed by atoms with Crippen LogP contribution in [0.25, 0.3) is 0 Å². The summed E-state index contributed by atoms with van der Waals surface area (Å²) in [7, 11) is 0. The summed E-state index contributed by atoms with van der Waals surface area (Å²) in [5, 5.41) is 0.496. The molecule has 3 nitrogen and oxygen atoms in total. The number of rotatable bonds is 5. The second-order valence-corrected chi connectivity index (χ2v) is 6.21. The number of likely N-dealkylation sites (tertiary alicyclic amines) is 1. The van der Waals surface area contributed by atoms with Crippen LogP contribution in [0.4, 0.5) is 0 Å². The van der Waals surface area contributed by atoms with Crippen molar-refractivity contribution >= 4 is 17.7 Å². The van der Waals surface area contributed by atoms with E-state index in [4.69, 9.17) is 5.73 Å². The van der Waals surface area contributed by atoms with Gasteiger partial charge in [0.05, 0.1) is 5.75 Å². The molecule has 2 unspecified atom stereocenters. The molecule has 1 heterocycles. The van der Waals surface area contributed by atoms with Crippen LogP contribution < -0.4 is 5.73 Å². The maximum Gasteiger partial charge on any atom is 0.232 e. The molecule has 16 heavy (non-hydrogen) atoms. The normalized spacial score (nSPS) is 23.2. The SMILES string of the molecule is CC1CCCN(C(=O)CSC(C)CCN)C1. The fourth-order valence-electron chi connectivity index (χ4n) is 2.04. The number of piperidine rings is 1. The predicted molar refractivity (Wildman–Crippen MR) is 70.6 cm³/mol. The molecule has 1 rings (SSSR count). The maximum absolute atomic E-state index is 11.9. The zero-order chi connectivity index (χ0) is 12.0. The monoisotopic (exact) mass is 244 g/mol. The summed E-state index contributed by atoms with van der Waals surface area (Å²) in [6, 6.07) is 0. The fraction of sp³-hybridized carbons (Fsp3) is 0.917. The van der Waals surface area contributed by atoms with Gasteiger partial charge in [-0.15, -0.1) is 11.8 Å². The van der Waals surface area contributed by atoms with E-state index >= 15 is 0 Å². The van der Waals surface area contributed by atoms with Crippen molar-refractivity contribution in [3.05, 3.63) is 0 Å². The van der Waals surface area contributed by atoms with E-state index in [1.165, 1.54) is 6.42 Å². The standard InChI is InChI=1S/C12H24N2OS/c1-10-4-3-7-14(8-10)12(15)9-16-11(2)5-6-13/h10-11H,3-9,13H2,1-2H3. The Labute approximate surface area is 103 Å². The highest BCUT2D eigenvalue weighted by Gasteiger charge is 2.20. The van der Waals surface area contributed by atoms with Crippen molar-refractivity contribution in [1.82, 2.24) is 4.90 Å². The van der Waals surface area contributed by atoms with Crippen LogP contribution in [0.15, 0.2) is 0 Å². The Hall–Kier alpha value is -0.220. The number of carbonyl (C=O) groups is 1. The van der Waals surface area contributed by atoms with Gasteiger partial charge in [-0.2, -0.15) is 0 Å². The lowest BCUT2D eigenvalue weighted by Crippen LogP contribution is -2.40. The summed E-state index contributed by atoms with van der Waals surface area (Å²) in [5.41, 5.74) is 5.49. The minimum Gasteiger partial charge on any atom is -0.342 e. The molecular formula is C12H24N2OS. The lowest BCUT2D eigenvalue weighted by molar-refractivity contribution is -0.130. The number of thioether (sulfide) groups is 1. The summed E-state index contributed by atoms with van der Waals surface area (Å²) >= 11 is 1.73. The van der Waals surface area contributed by atoms with Crippen molar-refractivity contribution in [3.8, 4) is 0 Å². The fourth-order valence-corrected chi connectivity index (χ4v) is 2.95. The van der Waals surface area contributed by atoms with Crippen LogP contribution in [-0.4, -0.2) is 41.4 Å². The van der Waals surface area contributed by atoms with Crippen LogP contribution in [0, 0.1) is 5.92 Å². The molecule has 0 spiro atoms. The van der Waals surface area contributed by atoms with Crippen molar-refractivity contribution < 1.29 is 4.79 Å². The molecule has 4 heteroatoms. The van der Waals surface area contributed by atoms with Crippen molar-refractivity contribution in [2.45, 2.75) is 38.4 Å². The van der Waals surface area contributed by atoms with E-state index in [9.17, 15) is 4.79 Å². The highest BCUT2D eigenvalue weighted by atomic mass is 32.2. The van der Waals surface area contributed by atoms with Gasteiger partial charge >= 0.3 is 0 Å². The molecule has 0 aromatic carbocycles. The van der Waals surface area contributed by atoms with Gasteiger partial charge < -0.3 is 10.6 Å². The van der Waals surface area contributed by atoms with Crippen LogP contribution in [-0.2, 0) is 4.79 Å². The second kappa shape index (κ2) is 7.17. The van der Waals surface area contributed by atoms with Crippen LogP contribution in [0.3, 0.4) is 0 Å². The van der Waals surface area contributed by atoms with Gasteiger partial charge in [-0.05, 0) is 31.7 Å². The number of hydrogen-bond donors (Lipinski definition) is 1. The predicted octanol–water partition coefficient (Wildman–Crippen LogP) is 1.72. The van der Waals surface area contributed by atoms with E-state index in [0.717, 1.165) is 25.9 Å². The van der Waals surface area contributed by atoms with E-state index in [1.807, 2.05) is 4.90 Å². The first-order valence-electron chi connectivity index (χ1n) is 6.23. The van der Waals surface area contributed by atoms with Gasteiger partial charge in [0.2, 0.25) is 5.91 Å². The van der Waals surface area contributed by atoms with E-state index in [1.54, 1.807) is 11.8 Å². The highest BCUT2D eigenvalue weighted by Crippen LogP contribution is 2.18. The summed E-state index contributed by atoms with van der Waals surface area (Å²) in [4.78, 5) is 14.0. The molecule has 0 aromatic heterocycles. The molecule has 0 radical (unpaired) electrons. The number of nitrogens with zero attached hydrogens (tertiary/aromatic N) is 1. The Morgan fingerprint density at radius 3 is 3.00 bits per heavy atom. The Morgan fingerprint density at radius 2 is 2.38 bits per heavy atom. The van der Waals surface area contributed by atoms with E-state index in [-0.39, 0.29) is 0 Å². The van der Waals surface area contributed by atoms with Gasteiger partial charge in [0.25, 0.3) is 0 Å². The van der Waals surface area contributed by atoms with Gasteiger partial charge in [-0.3, -0.25) is 4.79 Å². The van der Waals surface area contributed by atoms with Crippen LogP contribution >= 0.6 is 11.8 Å². The van der Waals surface area contributed by atoms with Crippen molar-refractivity contribution in [2.75, 3.05) is 25.4 Å². The molecule has 94 valence electrons. The summed E-state index contributed by atoms with van der Waals surface area (Å²) < 4.78 is 0. The molecule has 0 saturated carbocycles. The van der Waals surface area contributed by atoms with Crippen LogP contribution in [0.2, 0.25) is 0 Å².